The van der Waals surface area contributed by atoms with E-state index in [2.05, 4.69) is 4.98 Å². The Bertz CT molecular complexity index is 341. The number of rotatable bonds is 4. The summed E-state index contributed by atoms with van der Waals surface area (Å²) < 4.78 is 9.86. The number of ketones is 1. The van der Waals surface area contributed by atoms with Crippen LogP contribution in [0.3, 0.4) is 0 Å². The number of ether oxygens (including phenoxy) is 2. The van der Waals surface area contributed by atoms with Crippen LogP contribution < -0.4 is 4.74 Å². The van der Waals surface area contributed by atoms with Crippen molar-refractivity contribution in [1.29, 1.82) is 0 Å². The van der Waals surface area contributed by atoms with Gasteiger partial charge < -0.3 is 9.47 Å². The number of carbonyl (C=O) groups excluding carboxylic acids is 1. The monoisotopic (exact) mass is 215 g/mol. The fourth-order valence-electron chi connectivity index (χ4n) is 0.955. The summed E-state index contributed by atoms with van der Waals surface area (Å²) >= 11 is 5.77. The minimum absolute atomic E-state index is 0.0334. The van der Waals surface area contributed by atoms with Gasteiger partial charge in [-0.2, -0.15) is 0 Å². The highest BCUT2D eigenvalue weighted by Gasteiger charge is 2.12. The van der Waals surface area contributed by atoms with Crippen LogP contribution in [0.4, 0.5) is 0 Å². The number of methoxy groups -OCH3 is 1. The molecule has 0 bridgehead atoms. The van der Waals surface area contributed by atoms with E-state index in [-0.39, 0.29) is 23.5 Å². The minimum atomic E-state index is -0.125. The molecule has 0 aliphatic carbocycles. The Morgan fingerprint density at radius 3 is 2.93 bits per heavy atom. The third-order valence-electron chi connectivity index (χ3n) is 1.56. The summed E-state index contributed by atoms with van der Waals surface area (Å²) in [5.74, 6) is 0.143. The van der Waals surface area contributed by atoms with Crippen molar-refractivity contribution >= 4 is 17.4 Å². The normalized spacial score (nSPS) is 9.93. The zero-order valence-electron chi connectivity index (χ0n) is 7.91. The van der Waals surface area contributed by atoms with Crippen LogP contribution in [0.15, 0.2) is 12.3 Å². The highest BCUT2D eigenvalue weighted by molar-refractivity contribution is 6.31. The third kappa shape index (κ3) is 2.43. The van der Waals surface area contributed by atoms with Crippen LogP contribution in [-0.2, 0) is 4.74 Å². The van der Waals surface area contributed by atoms with Crippen molar-refractivity contribution in [2.75, 3.05) is 13.9 Å². The Labute approximate surface area is 86.8 Å². The Kier molecular flexibility index (Phi) is 3.85. The second kappa shape index (κ2) is 4.93. The predicted molar refractivity (Wildman–Crippen MR) is 51.8 cm³/mol. The summed E-state index contributed by atoms with van der Waals surface area (Å²) in [4.78, 5) is 15.0. The SMILES string of the molecule is COCOc1c(C(C)=O)ccnc1Cl. The van der Waals surface area contributed by atoms with Gasteiger partial charge in [0.25, 0.3) is 0 Å². The van der Waals surface area contributed by atoms with E-state index in [0.717, 1.165) is 0 Å². The molecule has 0 aromatic carbocycles. The van der Waals surface area contributed by atoms with E-state index >= 15 is 0 Å². The Hall–Kier alpha value is -1.13. The maximum atomic E-state index is 11.2. The van der Waals surface area contributed by atoms with Crippen LogP contribution in [0.2, 0.25) is 5.15 Å². The first-order valence-electron chi connectivity index (χ1n) is 3.94. The maximum absolute atomic E-state index is 11.2. The van der Waals surface area contributed by atoms with Crippen LogP contribution in [-0.4, -0.2) is 24.7 Å². The number of hydrogen-bond acceptors (Lipinski definition) is 4. The molecule has 0 N–H and O–H groups in total. The van der Waals surface area contributed by atoms with Gasteiger partial charge in [-0.25, -0.2) is 4.98 Å². The molecule has 0 unspecified atom stereocenters. The van der Waals surface area contributed by atoms with Gasteiger partial charge in [0.1, 0.15) is 0 Å². The van der Waals surface area contributed by atoms with E-state index in [0.29, 0.717) is 5.56 Å². The fraction of sp³-hybridized carbons (Fsp3) is 0.333. The number of aromatic nitrogens is 1. The van der Waals surface area contributed by atoms with Crippen molar-refractivity contribution < 1.29 is 14.3 Å². The van der Waals surface area contributed by atoms with Gasteiger partial charge in [-0.15, -0.1) is 0 Å². The van der Waals surface area contributed by atoms with Crippen molar-refractivity contribution in [3.8, 4) is 5.75 Å². The van der Waals surface area contributed by atoms with E-state index < -0.39 is 0 Å². The number of Topliss-reactive ketones (excluding diaryl/α,β-unsaturated/α-hetero) is 1. The van der Waals surface area contributed by atoms with E-state index in [1.54, 1.807) is 6.07 Å². The van der Waals surface area contributed by atoms with Crippen LogP contribution in [0, 0.1) is 0 Å². The first kappa shape index (κ1) is 10.9. The lowest BCUT2D eigenvalue weighted by Gasteiger charge is -2.09. The van der Waals surface area contributed by atoms with Crippen LogP contribution in [0.25, 0.3) is 0 Å². The second-order valence-electron chi connectivity index (χ2n) is 2.59. The molecule has 0 aliphatic rings. The second-order valence-corrected chi connectivity index (χ2v) is 2.94. The highest BCUT2D eigenvalue weighted by Crippen LogP contribution is 2.26. The number of carbonyl (C=O) groups is 1. The summed E-state index contributed by atoms with van der Waals surface area (Å²) in [6.45, 7) is 1.47. The standard InChI is InChI=1S/C9H10ClNO3/c1-6(12)7-3-4-11-9(10)8(7)14-5-13-2/h3-4H,5H2,1-2H3. The molecule has 1 aromatic heterocycles. The molecule has 5 heteroatoms. The quantitative estimate of drug-likeness (QED) is 0.437. The number of nitrogens with zero attached hydrogens (tertiary/aromatic N) is 1. The molecule has 1 rings (SSSR count). The van der Waals surface area contributed by atoms with Gasteiger partial charge in [0.15, 0.2) is 23.5 Å². The summed E-state index contributed by atoms with van der Waals surface area (Å²) in [5.41, 5.74) is 0.405. The molecule has 0 amide bonds. The highest BCUT2D eigenvalue weighted by atomic mass is 35.5. The first-order valence-corrected chi connectivity index (χ1v) is 4.31. The summed E-state index contributed by atoms with van der Waals surface area (Å²) in [6.07, 6.45) is 1.46. The molecule has 1 aromatic rings. The van der Waals surface area contributed by atoms with Gasteiger partial charge in [-0.3, -0.25) is 4.79 Å². The van der Waals surface area contributed by atoms with Gasteiger partial charge in [0.05, 0.1) is 5.56 Å². The lowest BCUT2D eigenvalue weighted by atomic mass is 10.2. The van der Waals surface area contributed by atoms with Crippen LogP contribution in [0.5, 0.6) is 5.75 Å². The smallest absolute Gasteiger partial charge is 0.188 e. The van der Waals surface area contributed by atoms with Crippen molar-refractivity contribution in [2.24, 2.45) is 0 Å². The molecule has 0 spiro atoms. The Morgan fingerprint density at radius 1 is 1.64 bits per heavy atom. The van der Waals surface area contributed by atoms with Gasteiger partial charge in [-0.1, -0.05) is 11.6 Å². The van der Waals surface area contributed by atoms with Gasteiger partial charge >= 0.3 is 0 Å². The lowest BCUT2D eigenvalue weighted by molar-refractivity contribution is 0.0501. The van der Waals surface area contributed by atoms with Gasteiger partial charge in [-0.05, 0) is 13.0 Å². The zero-order chi connectivity index (χ0) is 10.6. The molecule has 4 nitrogen and oxygen atoms in total. The molecule has 0 atom stereocenters. The molecule has 14 heavy (non-hydrogen) atoms. The molecular formula is C9H10ClNO3. The predicted octanol–water partition coefficient (Wildman–Crippen LogP) is 1.92. The molecule has 1 heterocycles. The Balaban J connectivity index is 3.02. The number of halogens is 1. The fourth-order valence-corrected chi connectivity index (χ4v) is 1.17. The molecule has 0 aliphatic heterocycles. The largest absolute Gasteiger partial charge is 0.464 e. The van der Waals surface area contributed by atoms with Crippen molar-refractivity contribution in [1.82, 2.24) is 4.98 Å². The molecule has 0 fully saturated rings. The third-order valence-corrected chi connectivity index (χ3v) is 1.83. The zero-order valence-corrected chi connectivity index (χ0v) is 8.67. The van der Waals surface area contributed by atoms with Crippen molar-refractivity contribution in [3.63, 3.8) is 0 Å². The van der Waals surface area contributed by atoms with E-state index in [9.17, 15) is 4.79 Å². The minimum Gasteiger partial charge on any atom is -0.464 e. The van der Waals surface area contributed by atoms with Crippen LogP contribution >= 0.6 is 11.6 Å². The molecule has 0 saturated carbocycles. The first-order chi connectivity index (χ1) is 6.66. The molecular weight excluding hydrogens is 206 g/mol. The van der Waals surface area contributed by atoms with Gasteiger partial charge in [0.2, 0.25) is 0 Å². The van der Waals surface area contributed by atoms with Crippen LogP contribution in [0.1, 0.15) is 17.3 Å². The lowest BCUT2D eigenvalue weighted by Crippen LogP contribution is -2.05. The molecule has 0 saturated heterocycles. The van der Waals surface area contributed by atoms with Gasteiger partial charge in [0, 0.05) is 13.3 Å². The topological polar surface area (TPSA) is 48.4 Å². The maximum Gasteiger partial charge on any atom is 0.188 e. The van der Waals surface area contributed by atoms with E-state index in [4.69, 9.17) is 21.1 Å². The van der Waals surface area contributed by atoms with E-state index in [1.165, 1.54) is 20.2 Å². The average molecular weight is 216 g/mol. The molecule has 76 valence electrons. The van der Waals surface area contributed by atoms with E-state index in [1.807, 2.05) is 0 Å². The number of hydrogen-bond donors (Lipinski definition) is 0. The summed E-state index contributed by atoms with van der Waals surface area (Å²) in [5, 5.41) is 0.162. The summed E-state index contributed by atoms with van der Waals surface area (Å²) in [6, 6.07) is 1.55. The summed E-state index contributed by atoms with van der Waals surface area (Å²) in [7, 11) is 1.48. The Morgan fingerprint density at radius 2 is 2.36 bits per heavy atom. The number of pyridine rings is 1. The molecule has 0 radical (unpaired) electrons. The van der Waals surface area contributed by atoms with Crippen molar-refractivity contribution in [2.45, 2.75) is 6.92 Å². The average Bonchev–Trinajstić information content (AvgIpc) is 2.15. The van der Waals surface area contributed by atoms with Crippen molar-refractivity contribution in [3.05, 3.63) is 23.0 Å².